The summed E-state index contributed by atoms with van der Waals surface area (Å²) in [6, 6.07) is 0. The van der Waals surface area contributed by atoms with Crippen molar-refractivity contribution in [1.82, 2.24) is 0 Å². The van der Waals surface area contributed by atoms with E-state index in [9.17, 15) is 0 Å². The third kappa shape index (κ3) is 2.81. The van der Waals surface area contributed by atoms with E-state index in [2.05, 4.69) is 6.42 Å². The number of hydrogen-bond donors (Lipinski definition) is 1. The van der Waals surface area contributed by atoms with Crippen molar-refractivity contribution in [3.05, 3.63) is 6.42 Å². The van der Waals surface area contributed by atoms with Crippen LogP contribution in [0.15, 0.2) is 0 Å². The van der Waals surface area contributed by atoms with Crippen LogP contribution in [0.2, 0.25) is 0 Å². The molecule has 1 aliphatic carbocycles. The van der Waals surface area contributed by atoms with Gasteiger partial charge in [-0.1, -0.05) is 12.8 Å². The van der Waals surface area contributed by atoms with Crippen molar-refractivity contribution in [3.8, 4) is 0 Å². The van der Waals surface area contributed by atoms with Crippen LogP contribution in [0.25, 0.3) is 0 Å². The second kappa shape index (κ2) is 4.48. The minimum Gasteiger partial charge on any atom is -0.393 e. The van der Waals surface area contributed by atoms with Crippen LogP contribution in [-0.4, -0.2) is 11.2 Å². The van der Waals surface area contributed by atoms with E-state index in [-0.39, 0.29) is 26.2 Å². The molecule has 1 rings (SSSR count). The van der Waals surface area contributed by atoms with Crippen molar-refractivity contribution in [2.75, 3.05) is 0 Å². The molecule has 0 aliphatic heterocycles. The minimum absolute atomic E-state index is 0. The molecule has 1 nitrogen and oxygen atoms in total. The van der Waals surface area contributed by atoms with Crippen LogP contribution in [0.1, 0.15) is 25.7 Å². The van der Waals surface area contributed by atoms with Crippen molar-refractivity contribution >= 4 is 0 Å². The molecule has 0 aromatic carbocycles. The maximum atomic E-state index is 8.89. The summed E-state index contributed by atoms with van der Waals surface area (Å²) in [5.41, 5.74) is 0. The van der Waals surface area contributed by atoms with Gasteiger partial charge < -0.3 is 11.5 Å². The summed E-state index contributed by atoms with van der Waals surface area (Å²) in [4.78, 5) is 0. The second-order valence-electron chi connectivity index (χ2n) is 2.10. The number of hydrogen-bond acceptors (Lipinski definition) is 1. The Balaban J connectivity index is 0.000000490. The minimum atomic E-state index is 0. The van der Waals surface area contributed by atoms with E-state index in [0.29, 0.717) is 0 Å². The van der Waals surface area contributed by atoms with E-state index in [1.165, 1.54) is 0 Å². The third-order valence-electron chi connectivity index (χ3n) is 1.41. The summed E-state index contributed by atoms with van der Waals surface area (Å²) in [7, 11) is 0. The maximum Gasteiger partial charge on any atom is 0.0491 e. The molecule has 0 heterocycles. The molecule has 0 atom stereocenters. The molecule has 1 fully saturated rings. The number of rotatable bonds is 0. The smallest absolute Gasteiger partial charge is 0.0491 e. The van der Waals surface area contributed by atoms with Gasteiger partial charge in [0.15, 0.2) is 0 Å². The Morgan fingerprint density at radius 2 is 1.75 bits per heavy atom. The van der Waals surface area contributed by atoms with Crippen LogP contribution in [0, 0.1) is 6.42 Å². The Morgan fingerprint density at radius 1 is 1.25 bits per heavy atom. The summed E-state index contributed by atoms with van der Waals surface area (Å²) >= 11 is 0. The first-order valence-electron chi connectivity index (χ1n) is 2.89. The molecule has 0 saturated heterocycles. The molecule has 1 aliphatic rings. The van der Waals surface area contributed by atoms with Gasteiger partial charge in [0.1, 0.15) is 0 Å². The fourth-order valence-electron chi connectivity index (χ4n) is 0.909. The summed E-state index contributed by atoms with van der Waals surface area (Å²) < 4.78 is 0. The van der Waals surface area contributed by atoms with E-state index < -0.39 is 0 Å². The van der Waals surface area contributed by atoms with Gasteiger partial charge in [0.05, 0.1) is 0 Å². The van der Waals surface area contributed by atoms with Gasteiger partial charge in [-0.2, -0.15) is 12.8 Å². The van der Waals surface area contributed by atoms with Crippen LogP contribution >= 0.6 is 0 Å². The SMILES string of the molecule is OC1CC[CH-]CC1.[Tc]. The number of aliphatic hydroxyl groups excluding tert-OH is 1. The van der Waals surface area contributed by atoms with E-state index in [1.54, 1.807) is 0 Å². The Kier molecular flexibility index (Phi) is 4.83. The predicted molar refractivity (Wildman–Crippen MR) is 28.8 cm³/mol. The van der Waals surface area contributed by atoms with E-state index in [0.717, 1.165) is 25.7 Å². The Bertz CT molecular complexity index is 50.5. The normalized spacial score (nSPS) is 22.1. The van der Waals surface area contributed by atoms with Gasteiger partial charge in [0.2, 0.25) is 0 Å². The quantitative estimate of drug-likeness (QED) is 0.577. The van der Waals surface area contributed by atoms with Crippen LogP contribution in [0.3, 0.4) is 0 Å². The monoisotopic (exact) mass is 196 g/mol. The molecule has 0 amide bonds. The van der Waals surface area contributed by atoms with Crippen molar-refractivity contribution in [1.29, 1.82) is 0 Å². The summed E-state index contributed by atoms with van der Waals surface area (Å²) in [6.07, 6.45) is 6.44. The molecular weight excluding hydrogens is 186 g/mol. The number of aliphatic hydroxyl groups is 1. The van der Waals surface area contributed by atoms with Gasteiger partial charge >= 0.3 is 0 Å². The molecule has 0 aromatic rings. The van der Waals surface area contributed by atoms with Gasteiger partial charge in [-0.15, -0.1) is 0 Å². The van der Waals surface area contributed by atoms with Crippen molar-refractivity contribution in [2.24, 2.45) is 0 Å². The largest absolute Gasteiger partial charge is 0.393 e. The average Bonchev–Trinajstić information content (AvgIpc) is 1.69. The molecule has 0 spiro atoms. The van der Waals surface area contributed by atoms with E-state index in [1.807, 2.05) is 0 Å². The second-order valence-corrected chi connectivity index (χ2v) is 2.10. The van der Waals surface area contributed by atoms with Gasteiger partial charge in [-0.25, -0.2) is 0 Å². The standard InChI is InChI=1S/C6H11O.Tc/c7-6-4-2-1-3-5-6;/h1,6-7H,2-5H2;/q-1;. The van der Waals surface area contributed by atoms with Crippen molar-refractivity contribution in [3.63, 3.8) is 0 Å². The summed E-state index contributed by atoms with van der Waals surface area (Å²) in [5, 5.41) is 8.89. The fraction of sp³-hybridized carbons (Fsp3) is 0.833. The zero-order valence-electron chi connectivity index (χ0n) is 4.81. The molecule has 1 saturated carbocycles. The molecule has 0 unspecified atom stereocenters. The van der Waals surface area contributed by atoms with Gasteiger partial charge in [0, 0.05) is 26.2 Å². The molecule has 2 heteroatoms. The summed E-state index contributed by atoms with van der Waals surface area (Å²) in [6.45, 7) is 0. The zero-order chi connectivity index (χ0) is 5.11. The fourth-order valence-corrected chi connectivity index (χ4v) is 0.909. The average molecular weight is 197 g/mol. The molecule has 0 bridgehead atoms. The first kappa shape index (κ1) is 8.61. The van der Waals surface area contributed by atoms with Crippen LogP contribution in [0.4, 0.5) is 0 Å². The molecule has 0 aromatic heterocycles. The maximum absolute atomic E-state index is 8.89. The molecular formula is C6H11OTc-. The first-order chi connectivity index (χ1) is 3.39. The summed E-state index contributed by atoms with van der Waals surface area (Å²) in [5.74, 6) is 0. The first-order valence-corrected chi connectivity index (χ1v) is 2.89. The molecule has 1 N–H and O–H groups in total. The van der Waals surface area contributed by atoms with Crippen LogP contribution in [0.5, 0.6) is 0 Å². The molecule has 8 heavy (non-hydrogen) atoms. The Labute approximate surface area is 63.8 Å². The van der Waals surface area contributed by atoms with E-state index in [4.69, 9.17) is 5.11 Å². The van der Waals surface area contributed by atoms with Crippen molar-refractivity contribution < 1.29 is 25.2 Å². The Hall–Kier alpha value is 0.609. The van der Waals surface area contributed by atoms with E-state index >= 15 is 0 Å². The molecule has 49 valence electrons. The van der Waals surface area contributed by atoms with Gasteiger partial charge in [0.25, 0.3) is 0 Å². The van der Waals surface area contributed by atoms with Gasteiger partial charge in [-0.05, 0) is 0 Å². The van der Waals surface area contributed by atoms with Crippen LogP contribution < -0.4 is 0 Å². The van der Waals surface area contributed by atoms with Gasteiger partial charge in [-0.3, -0.25) is 0 Å². The topological polar surface area (TPSA) is 20.2 Å². The van der Waals surface area contributed by atoms with Crippen molar-refractivity contribution in [2.45, 2.75) is 31.8 Å². The Morgan fingerprint density at radius 3 is 2.00 bits per heavy atom. The predicted octanol–water partition coefficient (Wildman–Crippen LogP) is 1.12. The third-order valence-corrected chi connectivity index (χ3v) is 1.41. The molecule has 1 radical (unpaired) electrons. The van der Waals surface area contributed by atoms with Crippen LogP contribution in [-0.2, 0) is 20.1 Å². The zero-order valence-corrected chi connectivity index (χ0v) is 6.67.